The van der Waals surface area contributed by atoms with Gasteiger partial charge in [0.2, 0.25) is 5.91 Å². The Morgan fingerprint density at radius 2 is 2.10 bits per heavy atom. The summed E-state index contributed by atoms with van der Waals surface area (Å²) < 4.78 is 19.2. The number of ether oxygens (including phenoxy) is 1. The van der Waals surface area contributed by atoms with Crippen molar-refractivity contribution < 1.29 is 13.9 Å². The summed E-state index contributed by atoms with van der Waals surface area (Å²) in [7, 11) is 0. The zero-order chi connectivity index (χ0) is 20.2. The van der Waals surface area contributed by atoms with E-state index in [0.29, 0.717) is 33.1 Å². The maximum absolute atomic E-state index is 13.4. The first kappa shape index (κ1) is 18.7. The number of anilines is 1. The predicted octanol–water partition coefficient (Wildman–Crippen LogP) is 3.31. The van der Waals surface area contributed by atoms with E-state index in [1.807, 2.05) is 0 Å². The van der Waals surface area contributed by atoms with Crippen LogP contribution in [0.1, 0.15) is 0 Å². The van der Waals surface area contributed by atoms with Gasteiger partial charge in [0.25, 0.3) is 0 Å². The molecule has 0 aliphatic carbocycles. The Morgan fingerprint density at radius 3 is 2.90 bits per heavy atom. The molecule has 0 fully saturated rings. The molecule has 0 spiro atoms. The van der Waals surface area contributed by atoms with Crippen LogP contribution in [0.15, 0.2) is 64.8 Å². The third kappa shape index (κ3) is 4.43. The van der Waals surface area contributed by atoms with Crippen molar-refractivity contribution in [3.05, 3.63) is 71.2 Å². The highest BCUT2D eigenvalue weighted by Gasteiger charge is 2.12. The number of thioether (sulfide) groups is 1. The van der Waals surface area contributed by atoms with Crippen LogP contribution in [0.2, 0.25) is 0 Å². The topological polar surface area (TPSA) is 113 Å². The number of halogens is 1. The summed E-state index contributed by atoms with van der Waals surface area (Å²) in [4.78, 5) is 29.9. The summed E-state index contributed by atoms with van der Waals surface area (Å²) in [6.07, 6.45) is 3.22. The number of H-pyrrole nitrogens is 2. The summed E-state index contributed by atoms with van der Waals surface area (Å²) in [5.41, 5.74) is 0.125. The number of carbonyl (C=O) groups excluding carboxylic acids is 1. The van der Waals surface area contributed by atoms with E-state index in [0.717, 1.165) is 11.8 Å². The zero-order valence-electron chi connectivity index (χ0n) is 14.8. The molecule has 8 nitrogen and oxygen atoms in total. The number of aromatic amines is 2. The number of hydrogen-bond donors (Lipinski definition) is 3. The average Bonchev–Trinajstić information content (AvgIpc) is 3.14. The summed E-state index contributed by atoms with van der Waals surface area (Å²) in [6.45, 7) is 0. The smallest absolute Gasteiger partial charge is 0.341 e. The monoisotopic (exact) mass is 411 g/mol. The first-order valence-electron chi connectivity index (χ1n) is 8.46. The molecule has 0 unspecified atom stereocenters. The Labute approximate surface area is 167 Å². The highest BCUT2D eigenvalue weighted by atomic mass is 32.2. The highest BCUT2D eigenvalue weighted by Crippen LogP contribution is 2.34. The molecule has 4 aromatic rings. The van der Waals surface area contributed by atoms with Crippen molar-refractivity contribution in [2.45, 2.75) is 5.16 Å². The zero-order valence-corrected chi connectivity index (χ0v) is 15.6. The van der Waals surface area contributed by atoms with Gasteiger partial charge < -0.3 is 10.1 Å². The van der Waals surface area contributed by atoms with Gasteiger partial charge in [0.15, 0.2) is 5.16 Å². The molecule has 146 valence electrons. The third-order valence-corrected chi connectivity index (χ3v) is 4.77. The lowest BCUT2D eigenvalue weighted by Crippen LogP contribution is -2.14. The fourth-order valence-electron chi connectivity index (χ4n) is 2.66. The van der Waals surface area contributed by atoms with E-state index in [9.17, 15) is 14.0 Å². The average molecular weight is 411 g/mol. The van der Waals surface area contributed by atoms with Gasteiger partial charge >= 0.3 is 5.69 Å². The second kappa shape index (κ2) is 8.15. The van der Waals surface area contributed by atoms with Gasteiger partial charge in [0.05, 0.1) is 11.4 Å². The van der Waals surface area contributed by atoms with Crippen LogP contribution in [0.4, 0.5) is 10.1 Å². The molecular formula is C19H14FN5O3S. The molecule has 0 aliphatic heterocycles. The number of benzene rings is 2. The standard InChI is InChI=1S/C19H14FN5O3S/c20-11-2-1-3-12(8-11)28-16-5-4-15(14-9-21-7-6-13(14)16)22-17(26)10-29-19-23-18(27)24-25-19/h1-9H,10H2,(H,22,26)(H2,23,24,25,27). The summed E-state index contributed by atoms with van der Waals surface area (Å²) in [5.74, 6) is 0.263. The van der Waals surface area contributed by atoms with Crippen LogP contribution in [0, 0.1) is 5.82 Å². The van der Waals surface area contributed by atoms with Crippen LogP contribution in [0.3, 0.4) is 0 Å². The van der Waals surface area contributed by atoms with Gasteiger partial charge in [0.1, 0.15) is 17.3 Å². The van der Waals surface area contributed by atoms with Gasteiger partial charge in [-0.1, -0.05) is 17.8 Å². The number of carbonyl (C=O) groups is 1. The van der Waals surface area contributed by atoms with E-state index in [-0.39, 0.29) is 11.7 Å². The Morgan fingerprint density at radius 1 is 1.21 bits per heavy atom. The number of hydrogen-bond acceptors (Lipinski definition) is 6. The number of aromatic nitrogens is 4. The highest BCUT2D eigenvalue weighted by molar-refractivity contribution is 7.99. The minimum atomic E-state index is -0.432. The van der Waals surface area contributed by atoms with Crippen LogP contribution < -0.4 is 15.7 Å². The van der Waals surface area contributed by atoms with Crippen molar-refractivity contribution in [2.24, 2.45) is 0 Å². The third-order valence-electron chi connectivity index (χ3n) is 3.90. The van der Waals surface area contributed by atoms with Crippen molar-refractivity contribution in [2.75, 3.05) is 11.1 Å². The molecule has 2 aromatic heterocycles. The number of rotatable bonds is 6. The molecule has 0 bridgehead atoms. The fraction of sp³-hybridized carbons (Fsp3) is 0.0526. The van der Waals surface area contributed by atoms with Crippen LogP contribution >= 0.6 is 11.8 Å². The van der Waals surface area contributed by atoms with Gasteiger partial charge in [-0.3, -0.25) is 14.8 Å². The van der Waals surface area contributed by atoms with E-state index in [1.165, 1.54) is 12.1 Å². The fourth-order valence-corrected chi connectivity index (χ4v) is 3.28. The minimum Gasteiger partial charge on any atom is -0.457 e. The van der Waals surface area contributed by atoms with Gasteiger partial charge in [0, 0.05) is 29.2 Å². The van der Waals surface area contributed by atoms with E-state index < -0.39 is 11.5 Å². The molecule has 29 heavy (non-hydrogen) atoms. The van der Waals surface area contributed by atoms with Gasteiger partial charge in [-0.2, -0.15) is 0 Å². The number of nitrogens with one attached hydrogen (secondary N) is 3. The quantitative estimate of drug-likeness (QED) is 0.420. The SMILES string of the molecule is O=C(CSc1n[nH]c(=O)[nH]1)Nc1ccc(Oc2cccc(F)c2)c2ccncc12. The number of fused-ring (bicyclic) bond motifs is 1. The lowest BCUT2D eigenvalue weighted by Gasteiger charge is -2.13. The van der Waals surface area contributed by atoms with Gasteiger partial charge in [-0.05, 0) is 30.3 Å². The Balaban J connectivity index is 1.54. The normalized spacial score (nSPS) is 10.8. The molecule has 0 aliphatic rings. The molecular weight excluding hydrogens is 397 g/mol. The molecule has 0 atom stereocenters. The second-order valence-corrected chi connectivity index (χ2v) is 6.88. The minimum absolute atomic E-state index is 0.0596. The van der Waals surface area contributed by atoms with Crippen molar-refractivity contribution in [1.29, 1.82) is 0 Å². The van der Waals surface area contributed by atoms with E-state index in [4.69, 9.17) is 4.74 Å². The van der Waals surface area contributed by atoms with Crippen molar-refractivity contribution in [3.63, 3.8) is 0 Å². The van der Waals surface area contributed by atoms with Crippen LogP contribution in [-0.4, -0.2) is 31.8 Å². The number of amides is 1. The van der Waals surface area contributed by atoms with Crippen molar-refractivity contribution in [3.8, 4) is 11.5 Å². The van der Waals surface area contributed by atoms with Crippen LogP contribution in [0.5, 0.6) is 11.5 Å². The Kier molecular flexibility index (Phi) is 5.25. The lowest BCUT2D eigenvalue weighted by molar-refractivity contribution is -0.113. The maximum Gasteiger partial charge on any atom is 0.341 e. The Bertz CT molecular complexity index is 1240. The predicted molar refractivity (Wildman–Crippen MR) is 107 cm³/mol. The second-order valence-electron chi connectivity index (χ2n) is 5.91. The van der Waals surface area contributed by atoms with E-state index in [1.54, 1.807) is 42.7 Å². The summed E-state index contributed by atoms with van der Waals surface area (Å²) in [5, 5.41) is 10.5. The van der Waals surface area contributed by atoms with Crippen molar-refractivity contribution >= 4 is 34.1 Å². The number of nitrogens with zero attached hydrogens (tertiary/aromatic N) is 2. The Hall–Kier alpha value is -3.66. The molecule has 0 radical (unpaired) electrons. The van der Waals surface area contributed by atoms with Crippen molar-refractivity contribution in [1.82, 2.24) is 20.2 Å². The lowest BCUT2D eigenvalue weighted by atomic mass is 10.1. The summed E-state index contributed by atoms with van der Waals surface area (Å²) in [6, 6.07) is 11.0. The molecule has 2 aromatic carbocycles. The summed E-state index contributed by atoms with van der Waals surface area (Å²) >= 11 is 1.09. The first-order chi connectivity index (χ1) is 14.1. The van der Waals surface area contributed by atoms with Gasteiger partial charge in [-0.25, -0.2) is 14.3 Å². The molecule has 3 N–H and O–H groups in total. The maximum atomic E-state index is 13.4. The van der Waals surface area contributed by atoms with Crippen LogP contribution in [0.25, 0.3) is 10.8 Å². The van der Waals surface area contributed by atoms with E-state index in [2.05, 4.69) is 25.5 Å². The molecule has 0 saturated heterocycles. The van der Waals surface area contributed by atoms with Gasteiger partial charge in [-0.15, -0.1) is 5.10 Å². The molecule has 2 heterocycles. The van der Waals surface area contributed by atoms with Crippen LogP contribution in [-0.2, 0) is 4.79 Å². The largest absolute Gasteiger partial charge is 0.457 e. The molecule has 1 amide bonds. The van der Waals surface area contributed by atoms with E-state index >= 15 is 0 Å². The molecule has 10 heteroatoms. The molecule has 4 rings (SSSR count). The first-order valence-corrected chi connectivity index (χ1v) is 9.44. The molecule has 0 saturated carbocycles. The number of pyridine rings is 1.